The third-order valence-corrected chi connectivity index (χ3v) is 5.96. The van der Waals surface area contributed by atoms with Crippen molar-refractivity contribution in [1.29, 1.82) is 0 Å². The molecule has 149 valence electrons. The summed E-state index contributed by atoms with van der Waals surface area (Å²) in [4.78, 5) is 4.49. The molecule has 0 aliphatic heterocycles. The molecule has 2 aliphatic rings. The Balaban J connectivity index is 0.000000175. The molecule has 0 saturated heterocycles. The van der Waals surface area contributed by atoms with Gasteiger partial charge in [0, 0.05) is 32.2 Å². The largest absolute Gasteiger partial charge is 0.393 e. The van der Waals surface area contributed by atoms with Gasteiger partial charge in [-0.2, -0.15) is 0 Å². The van der Waals surface area contributed by atoms with Gasteiger partial charge in [0.1, 0.15) is 0 Å². The maximum Gasteiger partial charge on any atom is 0.0595 e. The van der Waals surface area contributed by atoms with E-state index in [-0.39, 0.29) is 38.2 Å². The third kappa shape index (κ3) is 4.52. The number of aliphatic hydroxyl groups excluding tert-OH is 2. The van der Waals surface area contributed by atoms with E-state index in [1.807, 2.05) is 30.5 Å². The molecule has 1 heterocycles. The van der Waals surface area contributed by atoms with Crippen LogP contribution in [0.5, 0.6) is 0 Å². The van der Waals surface area contributed by atoms with E-state index in [2.05, 4.69) is 42.2 Å². The molecule has 2 atom stereocenters. The molecule has 2 unspecified atom stereocenters. The standard InChI is InChI=1S/C16H12N.C8H14O2.Ir/c1-12-7-8-14-10-16(17-11-15(14)9-12)13-5-3-2-4-6-13;9-6-3-1-5-2-4-7(10)8(5)6;/h2-5,7-11H,1H3;5-10H,1-4H2;/q-1;;. The first kappa shape index (κ1) is 21.1. The Morgan fingerprint density at radius 2 is 1.68 bits per heavy atom. The minimum absolute atomic E-state index is 0. The number of aromatic nitrogens is 1. The van der Waals surface area contributed by atoms with Crippen LogP contribution >= 0.6 is 0 Å². The van der Waals surface area contributed by atoms with Crippen LogP contribution in [0.4, 0.5) is 0 Å². The molecule has 28 heavy (non-hydrogen) atoms. The van der Waals surface area contributed by atoms with Gasteiger partial charge in [0.25, 0.3) is 0 Å². The Morgan fingerprint density at radius 1 is 0.929 bits per heavy atom. The second-order valence-electron chi connectivity index (χ2n) is 7.82. The van der Waals surface area contributed by atoms with E-state index in [0.717, 1.165) is 36.9 Å². The fraction of sp³-hybridized carbons (Fsp3) is 0.375. The van der Waals surface area contributed by atoms with Crippen molar-refractivity contribution >= 4 is 10.8 Å². The second-order valence-corrected chi connectivity index (χ2v) is 7.82. The van der Waals surface area contributed by atoms with Crippen LogP contribution < -0.4 is 0 Å². The number of benzene rings is 2. The van der Waals surface area contributed by atoms with Crippen molar-refractivity contribution in [2.75, 3.05) is 0 Å². The van der Waals surface area contributed by atoms with Crippen molar-refractivity contribution in [2.45, 2.75) is 44.8 Å². The monoisotopic (exact) mass is 553 g/mol. The molecule has 2 fully saturated rings. The predicted molar refractivity (Wildman–Crippen MR) is 108 cm³/mol. The van der Waals surface area contributed by atoms with Gasteiger partial charge in [-0.1, -0.05) is 23.8 Å². The summed E-state index contributed by atoms with van der Waals surface area (Å²) in [5.41, 5.74) is 3.27. The number of pyridine rings is 1. The van der Waals surface area contributed by atoms with Gasteiger partial charge in [-0.25, -0.2) is 0 Å². The van der Waals surface area contributed by atoms with Crippen LogP contribution in [0.2, 0.25) is 0 Å². The first-order valence-corrected chi connectivity index (χ1v) is 9.81. The van der Waals surface area contributed by atoms with Crippen molar-refractivity contribution in [3.8, 4) is 11.3 Å². The van der Waals surface area contributed by atoms with Gasteiger partial charge in [0.2, 0.25) is 0 Å². The summed E-state index contributed by atoms with van der Waals surface area (Å²) in [5.74, 6) is 0.852. The molecule has 3 nitrogen and oxygen atoms in total. The van der Waals surface area contributed by atoms with Crippen LogP contribution in [0.15, 0.2) is 54.7 Å². The van der Waals surface area contributed by atoms with Gasteiger partial charge >= 0.3 is 0 Å². The van der Waals surface area contributed by atoms with Gasteiger partial charge in [-0.15, -0.1) is 35.9 Å². The minimum Gasteiger partial charge on any atom is -0.393 e. The van der Waals surface area contributed by atoms with Gasteiger partial charge in [0.15, 0.2) is 0 Å². The zero-order valence-electron chi connectivity index (χ0n) is 16.0. The Hall–Kier alpha value is -1.58. The number of hydrogen-bond acceptors (Lipinski definition) is 3. The van der Waals surface area contributed by atoms with Crippen molar-refractivity contribution in [3.63, 3.8) is 0 Å². The summed E-state index contributed by atoms with van der Waals surface area (Å²) in [6.07, 6.45) is 5.59. The number of fused-ring (bicyclic) bond motifs is 2. The summed E-state index contributed by atoms with van der Waals surface area (Å²) >= 11 is 0. The molecular formula is C24H26IrNO2-. The molecule has 0 spiro atoms. The van der Waals surface area contributed by atoms with E-state index >= 15 is 0 Å². The first-order valence-electron chi connectivity index (χ1n) is 9.81. The van der Waals surface area contributed by atoms with E-state index < -0.39 is 0 Å². The molecule has 1 aromatic heterocycles. The molecule has 4 heteroatoms. The Bertz CT molecular complexity index is 901. The van der Waals surface area contributed by atoms with E-state index in [1.54, 1.807) is 0 Å². The maximum absolute atomic E-state index is 9.41. The topological polar surface area (TPSA) is 53.4 Å². The fourth-order valence-corrected chi connectivity index (χ4v) is 4.53. The van der Waals surface area contributed by atoms with Gasteiger partial charge < -0.3 is 15.2 Å². The summed E-state index contributed by atoms with van der Waals surface area (Å²) in [7, 11) is 0. The van der Waals surface area contributed by atoms with Crippen molar-refractivity contribution in [1.82, 2.24) is 4.98 Å². The number of aliphatic hydroxyl groups is 2. The molecule has 5 rings (SSSR count). The van der Waals surface area contributed by atoms with E-state index in [9.17, 15) is 10.2 Å². The Morgan fingerprint density at radius 3 is 2.32 bits per heavy atom. The molecule has 3 aromatic rings. The number of hydrogen-bond donors (Lipinski definition) is 2. The Kier molecular flexibility index (Phi) is 7.00. The maximum atomic E-state index is 9.41. The van der Waals surface area contributed by atoms with E-state index in [4.69, 9.17) is 0 Å². The number of nitrogens with zero attached hydrogens (tertiary/aromatic N) is 1. The van der Waals surface area contributed by atoms with E-state index in [0.29, 0.717) is 5.92 Å². The molecular weight excluding hydrogens is 526 g/mol. The molecule has 2 N–H and O–H groups in total. The SMILES string of the molecule is Cc1ccc2cc(-c3[c-]cccc3)ncc2c1.OC1CCC2CCC(O)C12.[Ir]. The van der Waals surface area contributed by atoms with Crippen molar-refractivity contribution < 1.29 is 30.3 Å². The molecule has 2 saturated carbocycles. The zero-order valence-corrected chi connectivity index (χ0v) is 18.4. The molecule has 0 bridgehead atoms. The van der Waals surface area contributed by atoms with Crippen LogP contribution in [0.25, 0.3) is 22.0 Å². The van der Waals surface area contributed by atoms with Crippen LogP contribution in [-0.4, -0.2) is 27.4 Å². The predicted octanol–water partition coefficient (Wildman–Crippen LogP) is 4.54. The smallest absolute Gasteiger partial charge is 0.0595 e. The quantitative estimate of drug-likeness (QED) is 0.436. The normalized spacial score (nSPS) is 25.5. The number of aryl methyl sites for hydroxylation is 1. The first-order chi connectivity index (χ1) is 13.1. The molecule has 2 aromatic carbocycles. The van der Waals surface area contributed by atoms with Gasteiger partial charge in [-0.05, 0) is 61.1 Å². The van der Waals surface area contributed by atoms with Crippen molar-refractivity contribution in [2.24, 2.45) is 11.8 Å². The average molecular weight is 553 g/mol. The van der Waals surface area contributed by atoms with Gasteiger partial charge in [-0.3, -0.25) is 0 Å². The molecule has 1 radical (unpaired) electrons. The zero-order chi connectivity index (χ0) is 18.8. The van der Waals surface area contributed by atoms with E-state index in [1.165, 1.54) is 16.3 Å². The third-order valence-electron chi connectivity index (χ3n) is 5.96. The summed E-state index contributed by atoms with van der Waals surface area (Å²) in [5, 5.41) is 21.2. The van der Waals surface area contributed by atoms with Crippen molar-refractivity contribution in [3.05, 3.63) is 66.4 Å². The van der Waals surface area contributed by atoms with Crippen LogP contribution in [0.3, 0.4) is 0 Å². The summed E-state index contributed by atoms with van der Waals surface area (Å²) in [6, 6.07) is 19.6. The molecule has 2 aliphatic carbocycles. The van der Waals surface area contributed by atoms with Crippen LogP contribution in [0, 0.1) is 24.8 Å². The van der Waals surface area contributed by atoms with Crippen LogP contribution in [-0.2, 0) is 20.1 Å². The summed E-state index contributed by atoms with van der Waals surface area (Å²) < 4.78 is 0. The fourth-order valence-electron chi connectivity index (χ4n) is 4.53. The van der Waals surface area contributed by atoms with Gasteiger partial charge in [0.05, 0.1) is 12.2 Å². The number of rotatable bonds is 1. The van der Waals surface area contributed by atoms with Crippen LogP contribution in [0.1, 0.15) is 31.2 Å². The second kappa shape index (κ2) is 9.28. The molecule has 0 amide bonds. The minimum atomic E-state index is -0.206. The average Bonchev–Trinajstić information content (AvgIpc) is 3.26. The Labute approximate surface area is 180 Å². The summed E-state index contributed by atoms with van der Waals surface area (Å²) in [6.45, 7) is 2.10.